The first-order chi connectivity index (χ1) is 8.74. The van der Waals surface area contributed by atoms with Gasteiger partial charge in [-0.2, -0.15) is 5.10 Å². The van der Waals surface area contributed by atoms with Crippen molar-refractivity contribution in [2.75, 3.05) is 5.32 Å². The number of anilines is 1. The highest BCUT2D eigenvalue weighted by Gasteiger charge is 2.12. The van der Waals surface area contributed by atoms with Crippen molar-refractivity contribution in [3.8, 4) is 0 Å². The van der Waals surface area contributed by atoms with Crippen LogP contribution in [0.15, 0.2) is 42.7 Å². The molecule has 0 saturated carbocycles. The van der Waals surface area contributed by atoms with Crippen LogP contribution in [0.4, 0.5) is 5.82 Å². The first-order valence-electron chi connectivity index (χ1n) is 5.61. The largest absolute Gasteiger partial charge is 0.360 e. The Morgan fingerprint density at radius 3 is 2.94 bits per heavy atom. The molecule has 0 aliphatic rings. The summed E-state index contributed by atoms with van der Waals surface area (Å²) in [6.07, 6.45) is 3.49. The molecule has 2 N–H and O–H groups in total. The Balaban J connectivity index is 1.92. The second-order valence-corrected chi connectivity index (χ2v) is 4.08. The molecule has 0 spiro atoms. The highest BCUT2D eigenvalue weighted by atomic mass is 16.1. The number of amides is 1. The van der Waals surface area contributed by atoms with Crippen LogP contribution in [0.3, 0.4) is 0 Å². The van der Waals surface area contributed by atoms with E-state index in [2.05, 4.69) is 15.4 Å². The van der Waals surface area contributed by atoms with Gasteiger partial charge in [-0.25, -0.2) is 0 Å². The lowest BCUT2D eigenvalue weighted by molar-refractivity contribution is 0.102. The van der Waals surface area contributed by atoms with E-state index in [0.29, 0.717) is 11.4 Å². The number of hydrogen-bond acceptors (Lipinski definition) is 2. The summed E-state index contributed by atoms with van der Waals surface area (Å²) in [5.41, 5.74) is 1.57. The van der Waals surface area contributed by atoms with Gasteiger partial charge in [0.2, 0.25) is 0 Å². The lowest BCUT2D eigenvalue weighted by Gasteiger charge is -2.00. The van der Waals surface area contributed by atoms with E-state index in [1.54, 1.807) is 30.2 Å². The van der Waals surface area contributed by atoms with Gasteiger partial charge in [0, 0.05) is 36.4 Å². The summed E-state index contributed by atoms with van der Waals surface area (Å²) in [4.78, 5) is 15.2. The first kappa shape index (κ1) is 10.6. The summed E-state index contributed by atoms with van der Waals surface area (Å²) in [5.74, 6) is 0.388. The van der Waals surface area contributed by atoms with Crippen LogP contribution in [-0.4, -0.2) is 20.7 Å². The van der Waals surface area contributed by atoms with Gasteiger partial charge >= 0.3 is 0 Å². The van der Waals surface area contributed by atoms with E-state index >= 15 is 0 Å². The predicted molar refractivity (Wildman–Crippen MR) is 69.5 cm³/mol. The number of fused-ring (bicyclic) bond motifs is 1. The lowest BCUT2D eigenvalue weighted by atomic mass is 10.1. The van der Waals surface area contributed by atoms with E-state index < -0.39 is 0 Å². The third kappa shape index (κ3) is 1.75. The van der Waals surface area contributed by atoms with Crippen LogP contribution in [0, 0.1) is 0 Å². The third-order valence-electron chi connectivity index (χ3n) is 2.79. The molecule has 3 rings (SSSR count). The van der Waals surface area contributed by atoms with Crippen molar-refractivity contribution in [3.63, 3.8) is 0 Å². The van der Waals surface area contributed by atoms with Gasteiger partial charge in [0.05, 0.1) is 5.56 Å². The van der Waals surface area contributed by atoms with Crippen LogP contribution in [-0.2, 0) is 7.05 Å². The zero-order valence-corrected chi connectivity index (χ0v) is 9.84. The smallest absolute Gasteiger partial charge is 0.259 e. The molecule has 5 heteroatoms. The second-order valence-electron chi connectivity index (χ2n) is 4.08. The maximum absolute atomic E-state index is 12.1. The molecule has 0 aliphatic carbocycles. The normalized spacial score (nSPS) is 10.7. The quantitative estimate of drug-likeness (QED) is 0.721. The number of benzene rings is 1. The molecule has 2 aromatic heterocycles. The van der Waals surface area contributed by atoms with Crippen LogP contribution < -0.4 is 5.32 Å². The molecule has 0 bridgehead atoms. The minimum absolute atomic E-state index is 0.161. The number of carbonyl (C=O) groups is 1. The molecule has 2 heterocycles. The molecule has 0 radical (unpaired) electrons. The highest BCUT2D eigenvalue weighted by Crippen LogP contribution is 2.18. The van der Waals surface area contributed by atoms with Crippen molar-refractivity contribution in [1.29, 1.82) is 0 Å². The van der Waals surface area contributed by atoms with E-state index in [1.807, 2.05) is 24.3 Å². The maximum atomic E-state index is 12.1. The number of rotatable bonds is 2. The van der Waals surface area contributed by atoms with E-state index in [-0.39, 0.29) is 5.91 Å². The molecular weight excluding hydrogens is 228 g/mol. The van der Waals surface area contributed by atoms with Gasteiger partial charge in [-0.05, 0) is 6.07 Å². The van der Waals surface area contributed by atoms with Crippen LogP contribution in [0.25, 0.3) is 10.9 Å². The molecule has 0 atom stereocenters. The minimum Gasteiger partial charge on any atom is -0.360 e. The highest BCUT2D eigenvalue weighted by molar-refractivity contribution is 6.12. The van der Waals surface area contributed by atoms with E-state index in [1.165, 1.54) is 0 Å². The van der Waals surface area contributed by atoms with Crippen LogP contribution in [0.1, 0.15) is 10.4 Å². The summed E-state index contributed by atoms with van der Waals surface area (Å²) < 4.78 is 1.64. The molecule has 0 fully saturated rings. The SMILES string of the molecule is Cn1ccc(NC(=O)c2c[nH]c3ccccc23)n1. The fourth-order valence-corrected chi connectivity index (χ4v) is 1.92. The van der Waals surface area contributed by atoms with Crippen LogP contribution >= 0.6 is 0 Å². The zero-order valence-electron chi connectivity index (χ0n) is 9.84. The Hall–Kier alpha value is -2.56. The third-order valence-corrected chi connectivity index (χ3v) is 2.79. The second kappa shape index (κ2) is 4.03. The predicted octanol–water partition coefficient (Wildman–Crippen LogP) is 2.15. The maximum Gasteiger partial charge on any atom is 0.259 e. The van der Waals surface area contributed by atoms with Crippen molar-refractivity contribution in [2.45, 2.75) is 0 Å². The van der Waals surface area contributed by atoms with Gasteiger partial charge in [-0.15, -0.1) is 0 Å². The summed E-state index contributed by atoms with van der Waals surface area (Å²) in [6, 6.07) is 9.45. The summed E-state index contributed by atoms with van der Waals surface area (Å²) in [6.45, 7) is 0. The average molecular weight is 240 g/mol. The molecule has 18 heavy (non-hydrogen) atoms. The Morgan fingerprint density at radius 1 is 1.33 bits per heavy atom. The lowest BCUT2D eigenvalue weighted by Crippen LogP contribution is -2.12. The first-order valence-corrected chi connectivity index (χ1v) is 5.61. The van der Waals surface area contributed by atoms with Crippen LogP contribution in [0.2, 0.25) is 0 Å². The van der Waals surface area contributed by atoms with Gasteiger partial charge in [0.1, 0.15) is 0 Å². The van der Waals surface area contributed by atoms with E-state index in [4.69, 9.17) is 0 Å². The van der Waals surface area contributed by atoms with Crippen molar-refractivity contribution < 1.29 is 4.79 Å². The Morgan fingerprint density at radius 2 is 2.17 bits per heavy atom. The number of carbonyl (C=O) groups excluding carboxylic acids is 1. The molecule has 0 unspecified atom stereocenters. The Labute approximate surface area is 103 Å². The van der Waals surface area contributed by atoms with Crippen molar-refractivity contribution in [3.05, 3.63) is 48.3 Å². The fraction of sp³-hybridized carbons (Fsp3) is 0.0769. The zero-order chi connectivity index (χ0) is 12.5. The number of aromatic nitrogens is 3. The summed E-state index contributed by atoms with van der Waals surface area (Å²) >= 11 is 0. The van der Waals surface area contributed by atoms with Gasteiger partial charge in [-0.1, -0.05) is 18.2 Å². The van der Waals surface area contributed by atoms with Crippen molar-refractivity contribution >= 4 is 22.6 Å². The number of para-hydroxylation sites is 1. The van der Waals surface area contributed by atoms with E-state index in [9.17, 15) is 4.79 Å². The number of aromatic amines is 1. The van der Waals surface area contributed by atoms with Gasteiger partial charge in [0.15, 0.2) is 5.82 Å². The topological polar surface area (TPSA) is 62.7 Å². The molecular formula is C13H12N4O. The van der Waals surface area contributed by atoms with E-state index in [0.717, 1.165) is 10.9 Å². The Bertz CT molecular complexity index is 710. The molecule has 1 aromatic carbocycles. The fourth-order valence-electron chi connectivity index (χ4n) is 1.92. The van der Waals surface area contributed by atoms with Crippen molar-refractivity contribution in [2.24, 2.45) is 7.05 Å². The Kier molecular flexibility index (Phi) is 2.37. The van der Waals surface area contributed by atoms with Gasteiger partial charge in [0.25, 0.3) is 5.91 Å². The summed E-state index contributed by atoms with van der Waals surface area (Å²) in [7, 11) is 1.81. The summed E-state index contributed by atoms with van der Waals surface area (Å²) in [5, 5.41) is 7.79. The molecule has 0 saturated heterocycles. The molecule has 1 amide bonds. The number of nitrogens with one attached hydrogen (secondary N) is 2. The molecule has 5 nitrogen and oxygen atoms in total. The van der Waals surface area contributed by atoms with Crippen molar-refractivity contribution in [1.82, 2.24) is 14.8 Å². The molecule has 0 aliphatic heterocycles. The number of H-pyrrole nitrogens is 1. The molecule has 90 valence electrons. The number of aryl methyl sites for hydroxylation is 1. The van der Waals surface area contributed by atoms with Gasteiger partial charge < -0.3 is 10.3 Å². The van der Waals surface area contributed by atoms with Gasteiger partial charge in [-0.3, -0.25) is 9.48 Å². The number of hydrogen-bond donors (Lipinski definition) is 2. The van der Waals surface area contributed by atoms with Crippen LogP contribution in [0.5, 0.6) is 0 Å². The minimum atomic E-state index is -0.161. The number of nitrogens with zero attached hydrogens (tertiary/aromatic N) is 2. The monoisotopic (exact) mass is 240 g/mol. The standard InChI is InChI=1S/C13H12N4O/c1-17-7-6-12(16-17)15-13(18)10-8-14-11-5-3-2-4-9(10)11/h2-8,14H,1H3,(H,15,16,18). The average Bonchev–Trinajstić information content (AvgIpc) is 2.95. The molecule has 3 aromatic rings.